The lowest BCUT2D eigenvalue weighted by Gasteiger charge is -2.29. The van der Waals surface area contributed by atoms with Crippen LogP contribution < -0.4 is 20.5 Å². The molecule has 1 saturated carbocycles. The molecule has 1 atom stereocenters. The molecule has 1 aromatic rings. The molecular weight excluding hydrogens is 422 g/mol. The number of hydrogen-bond donors (Lipinski definition) is 3. The molecule has 12 heteroatoms. The van der Waals surface area contributed by atoms with Crippen LogP contribution >= 0.6 is 11.6 Å². The van der Waals surface area contributed by atoms with Gasteiger partial charge in [0.25, 0.3) is 5.56 Å². The van der Waals surface area contributed by atoms with Crippen LogP contribution in [-0.4, -0.2) is 61.7 Å². The third-order valence-corrected chi connectivity index (χ3v) is 7.13. The van der Waals surface area contributed by atoms with Gasteiger partial charge in [-0.3, -0.25) is 4.79 Å². The van der Waals surface area contributed by atoms with Crippen molar-refractivity contribution in [1.29, 1.82) is 0 Å². The van der Waals surface area contributed by atoms with Gasteiger partial charge in [-0.2, -0.15) is 5.10 Å². The van der Waals surface area contributed by atoms with E-state index in [2.05, 4.69) is 20.2 Å². The Kier molecular flexibility index (Phi) is 7.01. The summed E-state index contributed by atoms with van der Waals surface area (Å²) in [7, 11) is -3.21. The van der Waals surface area contributed by atoms with Crippen molar-refractivity contribution in [2.45, 2.75) is 57.2 Å². The van der Waals surface area contributed by atoms with Crippen LogP contribution in [0.2, 0.25) is 5.02 Å². The highest BCUT2D eigenvalue weighted by molar-refractivity contribution is 7.89. The molecule has 3 rings (SSSR count). The van der Waals surface area contributed by atoms with Crippen LogP contribution in [0.15, 0.2) is 11.0 Å². The first kappa shape index (κ1) is 21.8. The number of aromatic amines is 1. The molecule has 0 bridgehead atoms. The maximum absolute atomic E-state index is 12.2. The van der Waals surface area contributed by atoms with Gasteiger partial charge in [0, 0.05) is 25.0 Å². The number of carbonyl (C=O) groups excluding carboxylic acids is 1. The Morgan fingerprint density at radius 3 is 2.69 bits per heavy atom. The zero-order chi connectivity index (χ0) is 21.0. The summed E-state index contributed by atoms with van der Waals surface area (Å²) in [6.07, 6.45) is 4.06. The van der Waals surface area contributed by atoms with Crippen molar-refractivity contribution in [3.05, 3.63) is 21.6 Å². The molecule has 1 amide bonds. The predicted octanol–water partition coefficient (Wildman–Crippen LogP) is 0.979. The van der Waals surface area contributed by atoms with Crippen LogP contribution in [0.3, 0.4) is 0 Å². The molecular formula is C17H26ClN5O5S. The molecule has 1 aliphatic carbocycles. The van der Waals surface area contributed by atoms with Gasteiger partial charge in [-0.05, 0) is 32.6 Å². The van der Waals surface area contributed by atoms with Crippen molar-refractivity contribution in [2.24, 2.45) is 0 Å². The summed E-state index contributed by atoms with van der Waals surface area (Å²) in [6.45, 7) is 2.64. The number of aromatic nitrogens is 2. The zero-order valence-electron chi connectivity index (χ0n) is 16.2. The van der Waals surface area contributed by atoms with Crippen LogP contribution in [0.1, 0.15) is 39.0 Å². The molecule has 1 saturated heterocycles. The van der Waals surface area contributed by atoms with Gasteiger partial charge >= 0.3 is 6.09 Å². The van der Waals surface area contributed by atoms with Gasteiger partial charge in [0.05, 0.1) is 24.2 Å². The van der Waals surface area contributed by atoms with Crippen molar-refractivity contribution in [1.82, 2.24) is 20.2 Å². The monoisotopic (exact) mass is 447 g/mol. The minimum atomic E-state index is -3.21. The van der Waals surface area contributed by atoms with E-state index in [1.165, 1.54) is 6.20 Å². The van der Waals surface area contributed by atoms with Crippen LogP contribution in [0.4, 0.5) is 10.5 Å². The van der Waals surface area contributed by atoms with Crippen molar-refractivity contribution < 1.29 is 17.9 Å². The number of nitrogens with zero attached hydrogens (tertiary/aromatic N) is 2. The quantitative estimate of drug-likeness (QED) is 0.591. The average molecular weight is 448 g/mol. The van der Waals surface area contributed by atoms with Crippen molar-refractivity contribution >= 4 is 33.4 Å². The summed E-state index contributed by atoms with van der Waals surface area (Å²) in [4.78, 5) is 25.7. The molecule has 162 valence electrons. The third-order valence-electron chi connectivity index (χ3n) is 5.31. The van der Waals surface area contributed by atoms with Crippen molar-refractivity contribution in [2.75, 3.05) is 23.7 Å². The smallest absolute Gasteiger partial charge is 0.407 e. The van der Waals surface area contributed by atoms with Crippen LogP contribution in [0, 0.1) is 0 Å². The first-order valence-corrected chi connectivity index (χ1v) is 11.8. The first-order chi connectivity index (χ1) is 13.8. The van der Waals surface area contributed by atoms with Gasteiger partial charge in [0.15, 0.2) is 0 Å². The maximum Gasteiger partial charge on any atom is 0.407 e. The van der Waals surface area contributed by atoms with E-state index in [4.69, 9.17) is 16.3 Å². The molecule has 2 aliphatic rings. The highest BCUT2D eigenvalue weighted by Gasteiger charge is 2.30. The van der Waals surface area contributed by atoms with Gasteiger partial charge in [-0.15, -0.1) is 0 Å². The fourth-order valence-corrected chi connectivity index (χ4v) is 4.80. The van der Waals surface area contributed by atoms with Crippen molar-refractivity contribution in [3.63, 3.8) is 0 Å². The van der Waals surface area contributed by atoms with Gasteiger partial charge in [0.1, 0.15) is 11.1 Å². The number of alkyl carbamates (subject to hydrolysis) is 1. The molecule has 2 fully saturated rings. The highest BCUT2D eigenvalue weighted by Crippen LogP contribution is 2.26. The van der Waals surface area contributed by atoms with E-state index in [0.717, 1.165) is 0 Å². The van der Waals surface area contributed by atoms with Crippen molar-refractivity contribution in [3.8, 4) is 0 Å². The zero-order valence-corrected chi connectivity index (χ0v) is 17.8. The van der Waals surface area contributed by atoms with E-state index in [0.29, 0.717) is 50.9 Å². The summed E-state index contributed by atoms with van der Waals surface area (Å²) < 4.78 is 31.5. The van der Waals surface area contributed by atoms with Crippen LogP contribution in [0.25, 0.3) is 0 Å². The summed E-state index contributed by atoms with van der Waals surface area (Å²) in [5.41, 5.74) is 0.0675. The van der Waals surface area contributed by atoms with E-state index in [1.54, 1.807) is 6.92 Å². The number of rotatable bonds is 6. The summed E-state index contributed by atoms with van der Waals surface area (Å²) in [5, 5.41) is 8.97. The molecule has 0 unspecified atom stereocenters. The number of amides is 1. The summed E-state index contributed by atoms with van der Waals surface area (Å²) >= 11 is 6.03. The topological polar surface area (TPSA) is 133 Å². The number of anilines is 1. The van der Waals surface area contributed by atoms with Crippen LogP contribution in [0.5, 0.6) is 0 Å². The SMILES string of the molecule is CCS(=O)(=O)N[C@H]1CC[C@H](NC(=O)O[C@@H]2CCN(c3cn[nH]c(=O)c3Cl)C2)CC1. The molecule has 29 heavy (non-hydrogen) atoms. The Morgan fingerprint density at radius 1 is 1.31 bits per heavy atom. The van der Waals surface area contributed by atoms with Gasteiger partial charge < -0.3 is 15.0 Å². The van der Waals surface area contributed by atoms with E-state index < -0.39 is 21.7 Å². The van der Waals surface area contributed by atoms with E-state index in [1.807, 2.05) is 4.90 Å². The second-order valence-electron chi connectivity index (χ2n) is 7.37. The number of halogens is 1. The fraction of sp³-hybridized carbons (Fsp3) is 0.706. The van der Waals surface area contributed by atoms with E-state index in [-0.39, 0.29) is 29.0 Å². The maximum atomic E-state index is 12.2. The lowest BCUT2D eigenvalue weighted by Crippen LogP contribution is -2.44. The number of nitrogens with one attached hydrogen (secondary N) is 3. The van der Waals surface area contributed by atoms with E-state index in [9.17, 15) is 18.0 Å². The number of hydrogen-bond acceptors (Lipinski definition) is 7. The number of carbonyl (C=O) groups is 1. The highest BCUT2D eigenvalue weighted by atomic mass is 35.5. The normalized spacial score (nSPS) is 25.0. The largest absolute Gasteiger partial charge is 0.444 e. The standard InChI is InChI=1S/C17H26ClN5O5S/c1-2-29(26,27)22-12-5-3-11(4-6-12)20-17(25)28-13-7-8-23(10-13)14-9-19-21-16(24)15(14)18/h9,11-13,22H,2-8,10H2,1H3,(H,20,25)(H,21,24)/t11-,12-,13-/m1/s1. The Hall–Kier alpha value is -1.85. The Balaban J connectivity index is 1.43. The minimum absolute atomic E-state index is 0.0336. The Labute approximate surface area is 174 Å². The molecule has 0 aromatic carbocycles. The second kappa shape index (κ2) is 9.31. The summed E-state index contributed by atoms with van der Waals surface area (Å²) in [6, 6.07) is -0.112. The molecule has 10 nitrogen and oxygen atoms in total. The molecule has 0 spiro atoms. The van der Waals surface area contributed by atoms with Gasteiger partial charge in [-0.1, -0.05) is 11.6 Å². The first-order valence-electron chi connectivity index (χ1n) is 9.72. The Bertz CT molecular complexity index is 884. The molecule has 1 aliphatic heterocycles. The minimum Gasteiger partial charge on any atom is -0.444 e. The molecule has 0 radical (unpaired) electrons. The number of ether oxygens (including phenoxy) is 1. The lowest BCUT2D eigenvalue weighted by molar-refractivity contribution is 0.102. The summed E-state index contributed by atoms with van der Waals surface area (Å²) in [5.74, 6) is 0.0640. The second-order valence-corrected chi connectivity index (χ2v) is 9.80. The van der Waals surface area contributed by atoms with Gasteiger partial charge in [0.2, 0.25) is 10.0 Å². The van der Waals surface area contributed by atoms with Crippen LogP contribution in [-0.2, 0) is 14.8 Å². The average Bonchev–Trinajstić information content (AvgIpc) is 3.13. The lowest BCUT2D eigenvalue weighted by atomic mass is 9.92. The number of sulfonamides is 1. The fourth-order valence-electron chi connectivity index (χ4n) is 3.68. The predicted molar refractivity (Wildman–Crippen MR) is 109 cm³/mol. The molecule has 2 heterocycles. The molecule has 1 aromatic heterocycles. The third kappa shape index (κ3) is 5.83. The Morgan fingerprint density at radius 2 is 2.00 bits per heavy atom. The van der Waals surface area contributed by atoms with Gasteiger partial charge in [-0.25, -0.2) is 23.0 Å². The van der Waals surface area contributed by atoms with E-state index >= 15 is 0 Å². The molecule has 3 N–H and O–H groups in total. The number of H-pyrrole nitrogens is 1.